The van der Waals surface area contributed by atoms with Crippen LogP contribution in [0.5, 0.6) is 0 Å². The fraction of sp³-hybridized carbons (Fsp3) is 0.353. The van der Waals surface area contributed by atoms with E-state index in [1.165, 1.54) is 16.7 Å². The average molecular weight is 283 g/mol. The van der Waals surface area contributed by atoms with Gasteiger partial charge in [0.2, 0.25) is 0 Å². The maximum atomic E-state index is 5.94. The molecule has 1 aromatic carbocycles. The largest absolute Gasteiger partial charge is 0.464 e. The highest BCUT2D eigenvalue weighted by atomic mass is 16.3. The molecule has 1 aromatic heterocycles. The zero-order chi connectivity index (χ0) is 14.8. The van der Waals surface area contributed by atoms with Gasteiger partial charge in [-0.1, -0.05) is 18.2 Å². The molecule has 0 bridgehead atoms. The van der Waals surface area contributed by atoms with Crippen molar-refractivity contribution in [2.75, 3.05) is 14.1 Å². The Morgan fingerprint density at radius 2 is 2.14 bits per heavy atom. The molecule has 0 saturated heterocycles. The first kappa shape index (κ1) is 13.7. The summed E-state index contributed by atoms with van der Waals surface area (Å²) in [7, 11) is 3.84. The lowest BCUT2D eigenvalue weighted by Crippen LogP contribution is -2.33. The molecule has 0 radical (unpaired) electrons. The third-order valence-electron chi connectivity index (χ3n) is 4.02. The van der Waals surface area contributed by atoms with Crippen LogP contribution in [0.15, 0.2) is 46.0 Å². The summed E-state index contributed by atoms with van der Waals surface area (Å²) in [6.45, 7) is 0. The van der Waals surface area contributed by atoms with E-state index in [0.29, 0.717) is 5.96 Å². The van der Waals surface area contributed by atoms with Gasteiger partial charge in [-0.05, 0) is 42.5 Å². The van der Waals surface area contributed by atoms with Crippen molar-refractivity contribution in [2.24, 2.45) is 10.7 Å². The molecule has 0 fully saturated rings. The van der Waals surface area contributed by atoms with Crippen LogP contribution in [-0.2, 0) is 12.8 Å². The van der Waals surface area contributed by atoms with Crippen LogP contribution in [0.25, 0.3) is 11.3 Å². The molecular formula is C17H21N3O. The lowest BCUT2D eigenvalue weighted by Gasteiger charge is -2.24. The summed E-state index contributed by atoms with van der Waals surface area (Å²) in [5.74, 6) is 1.55. The van der Waals surface area contributed by atoms with Crippen LogP contribution in [0.2, 0.25) is 0 Å². The van der Waals surface area contributed by atoms with E-state index in [4.69, 9.17) is 10.2 Å². The fourth-order valence-electron chi connectivity index (χ4n) is 2.86. The SMILES string of the molecule is CN(C)C(N)=NC1CCc2c(cccc2-c2ccco2)C1. The molecule has 1 aliphatic carbocycles. The smallest absolute Gasteiger partial charge is 0.191 e. The molecule has 1 atom stereocenters. The van der Waals surface area contributed by atoms with Gasteiger partial charge in [-0.25, -0.2) is 4.99 Å². The van der Waals surface area contributed by atoms with Crippen molar-refractivity contribution in [3.8, 4) is 11.3 Å². The van der Waals surface area contributed by atoms with E-state index in [9.17, 15) is 0 Å². The van der Waals surface area contributed by atoms with Crippen molar-refractivity contribution in [2.45, 2.75) is 25.3 Å². The highest BCUT2D eigenvalue weighted by Crippen LogP contribution is 2.32. The van der Waals surface area contributed by atoms with Crippen LogP contribution in [0, 0.1) is 0 Å². The standard InChI is InChI=1S/C17H21N3O/c1-20(2)17(18)19-13-8-9-14-12(11-13)5-3-6-15(14)16-7-4-10-21-16/h3-7,10,13H,8-9,11H2,1-2H3,(H2,18,19). The molecule has 2 N–H and O–H groups in total. The third-order valence-corrected chi connectivity index (χ3v) is 4.02. The van der Waals surface area contributed by atoms with Crippen molar-refractivity contribution in [3.05, 3.63) is 47.7 Å². The summed E-state index contributed by atoms with van der Waals surface area (Å²) in [6, 6.07) is 10.6. The van der Waals surface area contributed by atoms with Crippen LogP contribution >= 0.6 is 0 Å². The van der Waals surface area contributed by atoms with E-state index in [0.717, 1.165) is 25.0 Å². The van der Waals surface area contributed by atoms with Crippen LogP contribution in [0.4, 0.5) is 0 Å². The number of rotatable bonds is 2. The van der Waals surface area contributed by atoms with E-state index < -0.39 is 0 Å². The quantitative estimate of drug-likeness (QED) is 0.681. The summed E-state index contributed by atoms with van der Waals surface area (Å²) < 4.78 is 5.55. The Hall–Kier alpha value is -2.23. The van der Waals surface area contributed by atoms with Crippen molar-refractivity contribution < 1.29 is 4.42 Å². The Bertz CT molecular complexity index is 644. The molecular weight excluding hydrogens is 262 g/mol. The van der Waals surface area contributed by atoms with Gasteiger partial charge < -0.3 is 15.1 Å². The van der Waals surface area contributed by atoms with Gasteiger partial charge in [0.15, 0.2) is 5.96 Å². The molecule has 4 nitrogen and oxygen atoms in total. The Kier molecular flexibility index (Phi) is 3.69. The summed E-state index contributed by atoms with van der Waals surface area (Å²) in [5, 5.41) is 0. The summed E-state index contributed by atoms with van der Waals surface area (Å²) in [6.07, 6.45) is 4.71. The molecule has 0 spiro atoms. The van der Waals surface area contributed by atoms with E-state index in [-0.39, 0.29) is 6.04 Å². The minimum atomic E-state index is 0.270. The third kappa shape index (κ3) is 2.79. The first-order chi connectivity index (χ1) is 10.1. The van der Waals surface area contributed by atoms with E-state index in [2.05, 4.69) is 23.2 Å². The van der Waals surface area contributed by atoms with Crippen molar-refractivity contribution in [1.82, 2.24) is 4.90 Å². The van der Waals surface area contributed by atoms with Gasteiger partial charge in [-0.2, -0.15) is 0 Å². The maximum Gasteiger partial charge on any atom is 0.191 e. The minimum Gasteiger partial charge on any atom is -0.464 e. The average Bonchev–Trinajstić information content (AvgIpc) is 3.00. The van der Waals surface area contributed by atoms with Crippen LogP contribution in [-0.4, -0.2) is 31.0 Å². The van der Waals surface area contributed by atoms with Crippen molar-refractivity contribution in [1.29, 1.82) is 0 Å². The number of aliphatic imine (C=N–C) groups is 1. The lowest BCUT2D eigenvalue weighted by atomic mass is 9.85. The van der Waals surface area contributed by atoms with Gasteiger partial charge in [-0.15, -0.1) is 0 Å². The highest BCUT2D eigenvalue weighted by Gasteiger charge is 2.21. The van der Waals surface area contributed by atoms with Gasteiger partial charge in [0, 0.05) is 19.7 Å². The Balaban J connectivity index is 1.88. The molecule has 0 amide bonds. The number of guanidine groups is 1. The van der Waals surface area contributed by atoms with Crippen molar-refractivity contribution in [3.63, 3.8) is 0 Å². The minimum absolute atomic E-state index is 0.270. The van der Waals surface area contributed by atoms with Gasteiger partial charge in [0.25, 0.3) is 0 Å². The van der Waals surface area contributed by atoms with Gasteiger partial charge in [0.05, 0.1) is 12.3 Å². The summed E-state index contributed by atoms with van der Waals surface area (Å²) >= 11 is 0. The predicted octanol–water partition coefficient (Wildman–Crippen LogP) is 2.68. The first-order valence-corrected chi connectivity index (χ1v) is 7.30. The fourth-order valence-corrected chi connectivity index (χ4v) is 2.86. The molecule has 1 aliphatic rings. The Morgan fingerprint density at radius 3 is 2.86 bits per heavy atom. The second-order valence-electron chi connectivity index (χ2n) is 5.70. The van der Waals surface area contributed by atoms with Crippen LogP contribution < -0.4 is 5.73 Å². The number of hydrogen-bond donors (Lipinski definition) is 1. The molecule has 110 valence electrons. The van der Waals surface area contributed by atoms with E-state index >= 15 is 0 Å². The number of nitrogens with two attached hydrogens (primary N) is 1. The molecule has 1 unspecified atom stereocenters. The van der Waals surface area contributed by atoms with Gasteiger partial charge in [0.1, 0.15) is 5.76 Å². The lowest BCUT2D eigenvalue weighted by molar-refractivity contribution is 0.546. The van der Waals surface area contributed by atoms with Gasteiger partial charge in [-0.3, -0.25) is 0 Å². The molecule has 2 aromatic rings. The monoisotopic (exact) mass is 283 g/mol. The molecule has 0 saturated carbocycles. The second kappa shape index (κ2) is 5.64. The normalized spacial score (nSPS) is 18.4. The van der Waals surface area contributed by atoms with E-state index in [1.54, 1.807) is 6.26 Å². The zero-order valence-electron chi connectivity index (χ0n) is 12.5. The number of furan rings is 1. The van der Waals surface area contributed by atoms with Crippen molar-refractivity contribution >= 4 is 5.96 Å². The predicted molar refractivity (Wildman–Crippen MR) is 85.3 cm³/mol. The number of hydrogen-bond acceptors (Lipinski definition) is 2. The number of fused-ring (bicyclic) bond motifs is 1. The first-order valence-electron chi connectivity index (χ1n) is 7.30. The number of nitrogens with zero attached hydrogens (tertiary/aromatic N) is 2. The molecule has 3 rings (SSSR count). The van der Waals surface area contributed by atoms with Crippen LogP contribution in [0.1, 0.15) is 17.5 Å². The second-order valence-corrected chi connectivity index (χ2v) is 5.70. The summed E-state index contributed by atoms with van der Waals surface area (Å²) in [5.41, 5.74) is 9.89. The Morgan fingerprint density at radius 1 is 1.29 bits per heavy atom. The molecule has 0 aliphatic heterocycles. The zero-order valence-corrected chi connectivity index (χ0v) is 12.5. The van der Waals surface area contributed by atoms with E-state index in [1.807, 2.05) is 31.1 Å². The molecule has 4 heteroatoms. The maximum absolute atomic E-state index is 5.94. The number of benzene rings is 1. The van der Waals surface area contributed by atoms with Crippen LogP contribution in [0.3, 0.4) is 0 Å². The topological polar surface area (TPSA) is 54.8 Å². The molecule has 21 heavy (non-hydrogen) atoms. The summed E-state index contributed by atoms with van der Waals surface area (Å²) in [4.78, 5) is 6.48. The van der Waals surface area contributed by atoms with Gasteiger partial charge >= 0.3 is 0 Å². The Labute approximate surface area is 125 Å². The molecule has 1 heterocycles. The highest BCUT2D eigenvalue weighted by molar-refractivity contribution is 5.77.